The van der Waals surface area contributed by atoms with Gasteiger partial charge in [0.25, 0.3) is 0 Å². The van der Waals surface area contributed by atoms with Gasteiger partial charge in [0.2, 0.25) is 0 Å². The molecule has 7 heteroatoms. The second-order valence-electron chi connectivity index (χ2n) is 7.63. The first-order valence-corrected chi connectivity index (χ1v) is 10.1. The fourth-order valence-electron chi connectivity index (χ4n) is 3.49. The number of likely N-dealkylation sites (tertiary alicyclic amines) is 1. The zero-order valence-electron chi connectivity index (χ0n) is 17.3. The van der Waals surface area contributed by atoms with E-state index in [4.69, 9.17) is 4.42 Å². The van der Waals surface area contributed by atoms with Crippen molar-refractivity contribution in [3.05, 3.63) is 60.1 Å². The number of nitrogens with zero attached hydrogens (tertiary/aromatic N) is 2. The van der Waals surface area contributed by atoms with Gasteiger partial charge in [0.05, 0.1) is 12.8 Å². The van der Waals surface area contributed by atoms with E-state index in [0.717, 1.165) is 45.0 Å². The summed E-state index contributed by atoms with van der Waals surface area (Å²) >= 11 is 0. The van der Waals surface area contributed by atoms with Crippen LogP contribution in [0.5, 0.6) is 0 Å². The molecule has 1 atom stereocenters. The van der Waals surface area contributed by atoms with Crippen LogP contribution in [0.4, 0.5) is 0 Å². The van der Waals surface area contributed by atoms with Gasteiger partial charge in [0.1, 0.15) is 11.4 Å². The molecule has 0 saturated carbocycles. The van der Waals surface area contributed by atoms with E-state index < -0.39 is 5.60 Å². The first-order chi connectivity index (χ1) is 13.6. The summed E-state index contributed by atoms with van der Waals surface area (Å²) in [5, 5.41) is 17.4. The largest absolute Gasteiger partial charge is 0.466 e. The fourth-order valence-corrected chi connectivity index (χ4v) is 3.49. The van der Waals surface area contributed by atoms with Crippen LogP contribution in [0.15, 0.2) is 58.1 Å². The Labute approximate surface area is 190 Å². The molecular formula is C22H33IN4O2. The number of hydrogen-bond donors (Lipinski definition) is 3. The Kier molecular flexibility index (Phi) is 9.45. The molecule has 6 nitrogen and oxygen atoms in total. The molecule has 1 aromatic heterocycles. The van der Waals surface area contributed by atoms with Crippen molar-refractivity contribution < 1.29 is 9.52 Å². The van der Waals surface area contributed by atoms with Crippen molar-refractivity contribution in [2.75, 3.05) is 26.2 Å². The van der Waals surface area contributed by atoms with Crippen LogP contribution in [0.3, 0.4) is 0 Å². The Balaban J connectivity index is 0.00000300. The van der Waals surface area contributed by atoms with E-state index in [2.05, 4.69) is 50.9 Å². The van der Waals surface area contributed by atoms with Gasteiger partial charge in [-0.2, -0.15) is 0 Å². The molecule has 29 heavy (non-hydrogen) atoms. The Bertz CT molecular complexity index is 727. The van der Waals surface area contributed by atoms with Gasteiger partial charge in [-0.25, -0.2) is 4.99 Å². The number of nitrogens with one attached hydrogen (secondary N) is 2. The third-order valence-corrected chi connectivity index (χ3v) is 5.12. The number of benzene rings is 1. The Morgan fingerprint density at radius 2 is 1.93 bits per heavy atom. The lowest BCUT2D eigenvalue weighted by molar-refractivity contribution is 0.0436. The number of guanidine groups is 1. The topological polar surface area (TPSA) is 73.0 Å². The third kappa shape index (κ3) is 7.31. The molecule has 2 heterocycles. The van der Waals surface area contributed by atoms with Crippen LogP contribution in [-0.2, 0) is 12.1 Å². The average molecular weight is 512 g/mol. The predicted octanol–water partition coefficient (Wildman–Crippen LogP) is 3.32. The molecule has 0 aliphatic carbocycles. The first kappa shape index (κ1) is 23.7. The molecule has 0 radical (unpaired) electrons. The number of aliphatic hydroxyl groups is 1. The normalized spacial score (nSPS) is 18.0. The van der Waals surface area contributed by atoms with E-state index in [-0.39, 0.29) is 30.5 Å². The molecule has 1 aromatic carbocycles. The molecule has 1 aliphatic rings. The quantitative estimate of drug-likeness (QED) is 0.302. The fraction of sp³-hybridized carbons (Fsp3) is 0.500. The van der Waals surface area contributed by atoms with Crippen LogP contribution in [0.2, 0.25) is 0 Å². The van der Waals surface area contributed by atoms with E-state index in [1.54, 1.807) is 25.3 Å². The van der Waals surface area contributed by atoms with Gasteiger partial charge < -0.3 is 20.2 Å². The van der Waals surface area contributed by atoms with Crippen LogP contribution < -0.4 is 10.6 Å². The Hall–Kier alpha value is -1.58. The molecule has 0 bridgehead atoms. The first-order valence-electron chi connectivity index (χ1n) is 10.1. The summed E-state index contributed by atoms with van der Waals surface area (Å²) in [7, 11) is 0. The minimum Gasteiger partial charge on any atom is -0.466 e. The van der Waals surface area contributed by atoms with E-state index in [9.17, 15) is 5.11 Å². The van der Waals surface area contributed by atoms with Crippen molar-refractivity contribution in [3.8, 4) is 0 Å². The number of halogens is 1. The minimum absolute atomic E-state index is 0. The zero-order valence-corrected chi connectivity index (χ0v) is 19.6. The Morgan fingerprint density at radius 3 is 2.55 bits per heavy atom. The zero-order chi connectivity index (χ0) is 19.8. The maximum absolute atomic E-state index is 10.6. The van der Waals surface area contributed by atoms with Crippen molar-refractivity contribution in [1.82, 2.24) is 15.5 Å². The summed E-state index contributed by atoms with van der Waals surface area (Å²) in [6.07, 6.45) is 3.72. The van der Waals surface area contributed by atoms with Crippen molar-refractivity contribution >= 4 is 29.9 Å². The number of hydrogen-bond acceptors (Lipinski definition) is 4. The lowest BCUT2D eigenvalue weighted by Gasteiger charge is -2.33. The number of furan rings is 1. The minimum atomic E-state index is -1.12. The SMILES string of the molecule is CCNC(=NCC(C)(O)c1ccco1)NC1CCN(Cc2ccccc2)CC1.I. The van der Waals surface area contributed by atoms with E-state index in [1.165, 1.54) is 5.56 Å². The summed E-state index contributed by atoms with van der Waals surface area (Å²) in [4.78, 5) is 7.09. The van der Waals surface area contributed by atoms with Crippen LogP contribution in [-0.4, -0.2) is 48.2 Å². The number of rotatable bonds is 7. The van der Waals surface area contributed by atoms with Gasteiger partial charge in [-0.15, -0.1) is 24.0 Å². The summed E-state index contributed by atoms with van der Waals surface area (Å²) in [6.45, 7) is 7.93. The molecule has 160 valence electrons. The summed E-state index contributed by atoms with van der Waals surface area (Å²) in [5.41, 5.74) is 0.245. The Morgan fingerprint density at radius 1 is 1.21 bits per heavy atom. The molecule has 2 aromatic rings. The highest BCUT2D eigenvalue weighted by atomic mass is 127. The molecule has 1 saturated heterocycles. The van der Waals surface area contributed by atoms with Crippen LogP contribution >= 0.6 is 24.0 Å². The van der Waals surface area contributed by atoms with Gasteiger partial charge in [-0.3, -0.25) is 4.90 Å². The van der Waals surface area contributed by atoms with E-state index >= 15 is 0 Å². The molecule has 0 amide bonds. The van der Waals surface area contributed by atoms with Gasteiger partial charge in [-0.05, 0) is 44.4 Å². The van der Waals surface area contributed by atoms with Gasteiger partial charge in [0.15, 0.2) is 5.96 Å². The molecule has 1 unspecified atom stereocenters. The van der Waals surface area contributed by atoms with Crippen LogP contribution in [0.1, 0.15) is 38.0 Å². The van der Waals surface area contributed by atoms with Crippen molar-refractivity contribution in [1.29, 1.82) is 0 Å². The average Bonchev–Trinajstić information content (AvgIpc) is 3.25. The molecule has 0 spiro atoms. The maximum Gasteiger partial charge on any atom is 0.191 e. The maximum atomic E-state index is 10.6. The number of aliphatic imine (C=N–C) groups is 1. The molecular weight excluding hydrogens is 479 g/mol. The molecule has 3 N–H and O–H groups in total. The highest BCUT2D eigenvalue weighted by molar-refractivity contribution is 14.0. The lowest BCUT2D eigenvalue weighted by Crippen LogP contribution is -2.48. The summed E-state index contributed by atoms with van der Waals surface area (Å²) < 4.78 is 5.34. The van der Waals surface area contributed by atoms with Gasteiger partial charge >= 0.3 is 0 Å². The van der Waals surface area contributed by atoms with E-state index in [1.807, 2.05) is 6.92 Å². The molecule has 1 aliphatic heterocycles. The lowest BCUT2D eigenvalue weighted by atomic mass is 10.0. The van der Waals surface area contributed by atoms with Crippen molar-refractivity contribution in [2.45, 2.75) is 44.9 Å². The van der Waals surface area contributed by atoms with Crippen molar-refractivity contribution in [3.63, 3.8) is 0 Å². The summed E-state index contributed by atoms with van der Waals surface area (Å²) in [6, 6.07) is 14.6. The standard InChI is InChI=1S/C22H32N4O2.HI/c1-3-23-21(24-17-22(2,27)20-10-7-15-28-20)25-19-11-13-26(14-12-19)16-18-8-5-4-6-9-18;/h4-10,15,19,27H,3,11-14,16-17H2,1-2H3,(H2,23,24,25);1H. The number of piperidine rings is 1. The monoisotopic (exact) mass is 512 g/mol. The highest BCUT2D eigenvalue weighted by Crippen LogP contribution is 2.21. The molecule has 3 rings (SSSR count). The summed E-state index contributed by atoms with van der Waals surface area (Å²) in [5.74, 6) is 1.28. The third-order valence-electron chi connectivity index (χ3n) is 5.12. The second kappa shape index (κ2) is 11.6. The van der Waals surface area contributed by atoms with Crippen LogP contribution in [0.25, 0.3) is 0 Å². The van der Waals surface area contributed by atoms with Gasteiger partial charge in [-0.1, -0.05) is 30.3 Å². The van der Waals surface area contributed by atoms with Crippen LogP contribution in [0, 0.1) is 0 Å². The van der Waals surface area contributed by atoms with E-state index in [0.29, 0.717) is 11.8 Å². The second-order valence-corrected chi connectivity index (χ2v) is 7.63. The van der Waals surface area contributed by atoms with Gasteiger partial charge in [0, 0.05) is 32.2 Å². The highest BCUT2D eigenvalue weighted by Gasteiger charge is 2.26. The predicted molar refractivity (Wildman–Crippen MR) is 128 cm³/mol. The molecule has 1 fully saturated rings. The van der Waals surface area contributed by atoms with Crippen molar-refractivity contribution in [2.24, 2.45) is 4.99 Å². The smallest absolute Gasteiger partial charge is 0.191 e.